The van der Waals surface area contributed by atoms with Gasteiger partial charge < -0.3 is 9.73 Å². The first-order chi connectivity index (χ1) is 7.88. The van der Waals surface area contributed by atoms with Crippen molar-refractivity contribution in [2.24, 2.45) is 0 Å². The second kappa shape index (κ2) is 5.61. The monoisotopic (exact) mass is 234 g/mol. The number of pyridine rings is 1. The average molecular weight is 234 g/mol. The van der Waals surface area contributed by atoms with E-state index in [1.165, 1.54) is 4.90 Å². The number of furan rings is 1. The summed E-state index contributed by atoms with van der Waals surface area (Å²) in [5.41, 5.74) is 0. The van der Waals surface area contributed by atoms with Gasteiger partial charge in [-0.05, 0) is 31.2 Å². The Morgan fingerprint density at radius 2 is 2.38 bits per heavy atom. The fourth-order valence-electron chi connectivity index (χ4n) is 1.33. The Morgan fingerprint density at radius 3 is 3.12 bits per heavy atom. The first-order valence-corrected chi connectivity index (χ1v) is 6.22. The van der Waals surface area contributed by atoms with Gasteiger partial charge in [0.15, 0.2) is 0 Å². The Bertz CT molecular complexity index is 428. The molecule has 0 aliphatic heterocycles. The molecule has 0 aliphatic carbocycles. The van der Waals surface area contributed by atoms with Crippen LogP contribution in [0.1, 0.15) is 12.7 Å². The number of rotatable bonds is 5. The molecular weight excluding hydrogens is 220 g/mol. The van der Waals surface area contributed by atoms with Crippen LogP contribution in [0.3, 0.4) is 0 Å². The molecule has 2 rings (SSSR count). The molecule has 0 saturated carbocycles. The molecule has 4 heteroatoms. The minimum atomic E-state index is 0.850. The minimum absolute atomic E-state index is 0.850. The summed E-state index contributed by atoms with van der Waals surface area (Å²) in [5, 5.41) is 3.19. The molecule has 0 bridgehead atoms. The number of nitrogens with zero attached hydrogens (tertiary/aromatic N) is 1. The molecule has 0 amide bonds. The summed E-state index contributed by atoms with van der Waals surface area (Å²) in [6.07, 6.45) is 3.52. The van der Waals surface area contributed by atoms with Gasteiger partial charge in [0.05, 0.1) is 12.0 Å². The normalized spacial score (nSPS) is 10.3. The van der Waals surface area contributed by atoms with E-state index in [0.717, 1.165) is 23.9 Å². The van der Waals surface area contributed by atoms with E-state index in [4.69, 9.17) is 4.42 Å². The molecule has 0 unspecified atom stereocenters. The van der Waals surface area contributed by atoms with Crippen LogP contribution in [0.15, 0.2) is 46.0 Å². The SMILES string of the molecule is CCNc1cc(SCc2ccco2)ccn1. The third-order valence-electron chi connectivity index (χ3n) is 2.05. The lowest BCUT2D eigenvalue weighted by atomic mass is 10.4. The molecule has 0 spiro atoms. The van der Waals surface area contributed by atoms with Gasteiger partial charge in [0.25, 0.3) is 0 Å². The van der Waals surface area contributed by atoms with Crippen LogP contribution in [0.5, 0.6) is 0 Å². The maximum absolute atomic E-state index is 5.28. The Hall–Kier alpha value is -1.42. The molecule has 0 atom stereocenters. The van der Waals surface area contributed by atoms with Crippen molar-refractivity contribution in [2.45, 2.75) is 17.6 Å². The molecule has 3 nitrogen and oxygen atoms in total. The van der Waals surface area contributed by atoms with Gasteiger partial charge in [0.2, 0.25) is 0 Å². The molecule has 0 fully saturated rings. The van der Waals surface area contributed by atoms with Crippen molar-refractivity contribution in [3.63, 3.8) is 0 Å². The molecule has 2 heterocycles. The van der Waals surface area contributed by atoms with Crippen LogP contribution < -0.4 is 5.32 Å². The van der Waals surface area contributed by atoms with Crippen molar-refractivity contribution >= 4 is 17.6 Å². The fraction of sp³-hybridized carbons (Fsp3) is 0.250. The summed E-state index contributed by atoms with van der Waals surface area (Å²) in [7, 11) is 0. The predicted molar refractivity (Wildman–Crippen MR) is 66.7 cm³/mol. The minimum Gasteiger partial charge on any atom is -0.468 e. The zero-order valence-corrected chi connectivity index (χ0v) is 9.96. The molecule has 2 aromatic heterocycles. The lowest BCUT2D eigenvalue weighted by molar-refractivity contribution is 0.530. The van der Waals surface area contributed by atoms with E-state index in [0.29, 0.717) is 0 Å². The lowest BCUT2D eigenvalue weighted by Crippen LogP contribution is -1.98. The Labute approximate surface area is 99.3 Å². The number of thioether (sulfide) groups is 1. The highest BCUT2D eigenvalue weighted by Crippen LogP contribution is 2.24. The standard InChI is InChI=1S/C12H14N2OS/c1-2-13-12-8-11(5-6-14-12)16-9-10-4-3-7-15-10/h3-8H,2,9H2,1H3,(H,13,14). The Morgan fingerprint density at radius 1 is 1.44 bits per heavy atom. The second-order valence-corrected chi connectivity index (χ2v) is 4.32. The number of hydrogen-bond acceptors (Lipinski definition) is 4. The molecule has 16 heavy (non-hydrogen) atoms. The van der Waals surface area contributed by atoms with Crippen LogP contribution in [-0.2, 0) is 5.75 Å². The molecule has 0 aliphatic rings. The Kier molecular flexibility index (Phi) is 3.88. The van der Waals surface area contributed by atoms with Gasteiger partial charge in [-0.3, -0.25) is 0 Å². The van der Waals surface area contributed by atoms with Gasteiger partial charge in [0, 0.05) is 17.6 Å². The molecule has 1 N–H and O–H groups in total. The number of nitrogens with one attached hydrogen (secondary N) is 1. The fourth-order valence-corrected chi connectivity index (χ4v) is 2.15. The van der Waals surface area contributed by atoms with Crippen LogP contribution in [-0.4, -0.2) is 11.5 Å². The summed E-state index contributed by atoms with van der Waals surface area (Å²) in [6.45, 7) is 2.95. The van der Waals surface area contributed by atoms with Crippen molar-refractivity contribution in [2.75, 3.05) is 11.9 Å². The topological polar surface area (TPSA) is 38.1 Å². The maximum Gasteiger partial charge on any atom is 0.126 e. The van der Waals surface area contributed by atoms with E-state index >= 15 is 0 Å². The smallest absolute Gasteiger partial charge is 0.126 e. The summed E-state index contributed by atoms with van der Waals surface area (Å²) in [4.78, 5) is 5.42. The molecule has 0 aromatic carbocycles. The average Bonchev–Trinajstić information content (AvgIpc) is 2.80. The van der Waals surface area contributed by atoms with Gasteiger partial charge in [0.1, 0.15) is 11.6 Å². The largest absolute Gasteiger partial charge is 0.468 e. The zero-order chi connectivity index (χ0) is 11.2. The first-order valence-electron chi connectivity index (χ1n) is 5.23. The summed E-state index contributed by atoms with van der Waals surface area (Å²) in [6, 6.07) is 7.96. The first kappa shape index (κ1) is 11.1. The van der Waals surface area contributed by atoms with Crippen molar-refractivity contribution in [1.29, 1.82) is 0 Å². The Balaban J connectivity index is 1.96. The number of hydrogen-bond donors (Lipinski definition) is 1. The van der Waals surface area contributed by atoms with Gasteiger partial charge in [-0.1, -0.05) is 0 Å². The summed E-state index contributed by atoms with van der Waals surface area (Å²) in [5.74, 6) is 2.77. The van der Waals surface area contributed by atoms with E-state index < -0.39 is 0 Å². The molecule has 0 saturated heterocycles. The summed E-state index contributed by atoms with van der Waals surface area (Å²) >= 11 is 1.74. The highest BCUT2D eigenvalue weighted by molar-refractivity contribution is 7.98. The maximum atomic E-state index is 5.28. The quantitative estimate of drug-likeness (QED) is 0.805. The van der Waals surface area contributed by atoms with Crippen molar-refractivity contribution < 1.29 is 4.42 Å². The number of aromatic nitrogens is 1. The molecule has 84 valence electrons. The number of anilines is 1. The van der Waals surface area contributed by atoms with E-state index in [1.807, 2.05) is 24.4 Å². The summed E-state index contributed by atoms with van der Waals surface area (Å²) < 4.78 is 5.28. The van der Waals surface area contributed by atoms with Gasteiger partial charge in [-0.15, -0.1) is 11.8 Å². The highest BCUT2D eigenvalue weighted by atomic mass is 32.2. The van der Waals surface area contributed by atoms with E-state index in [2.05, 4.69) is 23.3 Å². The third kappa shape index (κ3) is 3.03. The highest BCUT2D eigenvalue weighted by Gasteiger charge is 2.00. The third-order valence-corrected chi connectivity index (χ3v) is 3.07. The lowest BCUT2D eigenvalue weighted by Gasteiger charge is -2.04. The van der Waals surface area contributed by atoms with Crippen LogP contribution in [0.2, 0.25) is 0 Å². The van der Waals surface area contributed by atoms with Gasteiger partial charge >= 0.3 is 0 Å². The van der Waals surface area contributed by atoms with E-state index in [9.17, 15) is 0 Å². The van der Waals surface area contributed by atoms with Crippen LogP contribution in [0.25, 0.3) is 0 Å². The molecule has 0 radical (unpaired) electrons. The van der Waals surface area contributed by atoms with Crippen molar-refractivity contribution in [1.82, 2.24) is 4.98 Å². The molecule has 2 aromatic rings. The van der Waals surface area contributed by atoms with E-state index in [1.54, 1.807) is 18.0 Å². The van der Waals surface area contributed by atoms with Crippen molar-refractivity contribution in [3.8, 4) is 0 Å². The van der Waals surface area contributed by atoms with Gasteiger partial charge in [-0.25, -0.2) is 4.98 Å². The van der Waals surface area contributed by atoms with Crippen LogP contribution in [0.4, 0.5) is 5.82 Å². The van der Waals surface area contributed by atoms with Crippen molar-refractivity contribution in [3.05, 3.63) is 42.5 Å². The molecular formula is C12H14N2OS. The van der Waals surface area contributed by atoms with Crippen LogP contribution in [0, 0.1) is 0 Å². The zero-order valence-electron chi connectivity index (χ0n) is 9.14. The second-order valence-electron chi connectivity index (χ2n) is 3.28. The predicted octanol–water partition coefficient (Wildman–Crippen LogP) is 3.40. The van der Waals surface area contributed by atoms with Crippen LogP contribution >= 0.6 is 11.8 Å². The van der Waals surface area contributed by atoms with Gasteiger partial charge in [-0.2, -0.15) is 0 Å². The van der Waals surface area contributed by atoms with E-state index in [-0.39, 0.29) is 0 Å².